The molecule has 3 nitrogen and oxygen atoms in total. The molecule has 0 aliphatic carbocycles. The van der Waals surface area contributed by atoms with E-state index in [4.69, 9.17) is 5.53 Å². The number of nitrogens with zero attached hydrogens (tertiary/aromatic N) is 2. The molecule has 0 saturated heterocycles. The number of aromatic nitrogens is 1. The first-order valence-corrected chi connectivity index (χ1v) is 4.32. The topological polar surface area (TPSA) is 49.1 Å². The van der Waals surface area contributed by atoms with E-state index in [-0.39, 0.29) is 5.41 Å². The Balaban J connectivity index is 2.87. The zero-order valence-corrected chi connectivity index (χ0v) is 8.33. The molecule has 0 aliphatic rings. The second kappa shape index (κ2) is 3.64. The predicted octanol–water partition coefficient (Wildman–Crippen LogP) is 2.91. The number of hydrogen-bond donors (Lipinski definition) is 1. The summed E-state index contributed by atoms with van der Waals surface area (Å²) in [6.45, 7) is 6.83. The van der Waals surface area contributed by atoms with Gasteiger partial charge in [0.15, 0.2) is 0 Å². The first kappa shape index (κ1) is 9.84. The Bertz CT molecular complexity index is 282. The molecule has 0 aromatic carbocycles. The van der Waals surface area contributed by atoms with Crippen LogP contribution in [0.5, 0.6) is 0 Å². The van der Waals surface area contributed by atoms with Crippen molar-refractivity contribution in [2.24, 2.45) is 5.11 Å². The highest BCUT2D eigenvalue weighted by Crippen LogP contribution is 2.20. The van der Waals surface area contributed by atoms with Gasteiger partial charge in [0, 0.05) is 6.20 Å². The van der Waals surface area contributed by atoms with Crippen molar-refractivity contribution in [3.8, 4) is 0 Å². The Hall–Kier alpha value is -1.25. The van der Waals surface area contributed by atoms with E-state index < -0.39 is 0 Å². The summed E-state index contributed by atoms with van der Waals surface area (Å²) in [5, 5.41) is 3.29. The summed E-state index contributed by atoms with van der Waals surface area (Å²) >= 11 is 0. The molecule has 0 radical (unpaired) electrons. The molecule has 0 unspecified atom stereocenters. The highest BCUT2D eigenvalue weighted by molar-refractivity contribution is 5.21. The van der Waals surface area contributed by atoms with Gasteiger partial charge in [-0.05, 0) is 17.0 Å². The largest absolute Gasteiger partial charge is 0.259 e. The molecular weight excluding hydrogens is 162 g/mol. The lowest BCUT2D eigenvalue weighted by molar-refractivity contribution is 0.586. The van der Waals surface area contributed by atoms with Gasteiger partial charge < -0.3 is 0 Å². The summed E-state index contributed by atoms with van der Waals surface area (Å²) in [6, 6.07) is 3.98. The minimum absolute atomic E-state index is 0.142. The lowest BCUT2D eigenvalue weighted by atomic mass is 9.88. The number of nitrogens with one attached hydrogen (secondary N) is 1. The van der Waals surface area contributed by atoms with Crippen LogP contribution in [0.4, 0.5) is 0 Å². The van der Waals surface area contributed by atoms with Crippen LogP contribution in [0.15, 0.2) is 23.4 Å². The summed E-state index contributed by atoms with van der Waals surface area (Å²) in [4.78, 5) is 4.22. The van der Waals surface area contributed by atoms with Gasteiger partial charge in [-0.15, -0.1) is 0 Å². The second-order valence-electron chi connectivity index (χ2n) is 4.10. The molecule has 1 aromatic heterocycles. The molecule has 13 heavy (non-hydrogen) atoms. The average Bonchev–Trinajstić information content (AvgIpc) is 2.04. The van der Waals surface area contributed by atoms with Crippen LogP contribution in [0, 0.1) is 5.53 Å². The second-order valence-corrected chi connectivity index (χ2v) is 4.10. The van der Waals surface area contributed by atoms with Crippen molar-refractivity contribution < 1.29 is 0 Å². The van der Waals surface area contributed by atoms with Crippen molar-refractivity contribution in [1.82, 2.24) is 4.98 Å². The molecule has 0 atom stereocenters. The summed E-state index contributed by atoms with van der Waals surface area (Å²) < 4.78 is 0. The van der Waals surface area contributed by atoms with Gasteiger partial charge in [-0.3, -0.25) is 4.98 Å². The summed E-state index contributed by atoms with van der Waals surface area (Å²) in [5.74, 6) is 0. The van der Waals surface area contributed by atoms with Crippen LogP contribution in [-0.4, -0.2) is 4.98 Å². The molecule has 0 bridgehead atoms. The highest BCUT2D eigenvalue weighted by Gasteiger charge is 2.13. The van der Waals surface area contributed by atoms with Crippen molar-refractivity contribution in [2.75, 3.05) is 0 Å². The number of rotatable bonds is 2. The quantitative estimate of drug-likeness (QED) is 0.694. The molecule has 0 fully saturated rings. The Morgan fingerprint density at radius 1 is 1.38 bits per heavy atom. The van der Waals surface area contributed by atoms with Crippen molar-refractivity contribution in [3.63, 3.8) is 0 Å². The Kier molecular flexibility index (Phi) is 2.76. The van der Waals surface area contributed by atoms with Crippen LogP contribution in [-0.2, 0) is 12.0 Å². The van der Waals surface area contributed by atoms with E-state index in [2.05, 4.69) is 30.9 Å². The standard InChI is InChI=1S/C10H15N3/c1-10(2,3)8-4-5-9(7-13-11)12-6-8/h4-6,11H,7H2,1-3H3. The van der Waals surface area contributed by atoms with E-state index in [0.29, 0.717) is 6.54 Å². The third kappa shape index (κ3) is 2.61. The first-order chi connectivity index (χ1) is 6.04. The summed E-state index contributed by atoms with van der Waals surface area (Å²) in [7, 11) is 0. The molecule has 0 amide bonds. The van der Waals surface area contributed by atoms with E-state index in [1.165, 1.54) is 5.56 Å². The zero-order chi connectivity index (χ0) is 9.90. The molecule has 1 rings (SSSR count). The SMILES string of the molecule is CC(C)(C)c1ccc(CN=N)nc1. The van der Waals surface area contributed by atoms with Crippen LogP contribution in [0.25, 0.3) is 0 Å². The Morgan fingerprint density at radius 3 is 2.46 bits per heavy atom. The van der Waals surface area contributed by atoms with E-state index in [1.807, 2.05) is 18.3 Å². The maximum Gasteiger partial charge on any atom is 0.102 e. The van der Waals surface area contributed by atoms with Gasteiger partial charge in [-0.1, -0.05) is 26.8 Å². The van der Waals surface area contributed by atoms with Crippen molar-refractivity contribution >= 4 is 0 Å². The van der Waals surface area contributed by atoms with Crippen LogP contribution >= 0.6 is 0 Å². The molecule has 0 aliphatic heterocycles. The van der Waals surface area contributed by atoms with E-state index in [9.17, 15) is 0 Å². The van der Waals surface area contributed by atoms with Crippen LogP contribution in [0.2, 0.25) is 0 Å². The zero-order valence-electron chi connectivity index (χ0n) is 8.33. The fourth-order valence-electron chi connectivity index (χ4n) is 1.04. The predicted molar refractivity (Wildman–Crippen MR) is 51.8 cm³/mol. The average molecular weight is 177 g/mol. The van der Waals surface area contributed by atoms with Gasteiger partial charge in [0.25, 0.3) is 0 Å². The summed E-state index contributed by atoms with van der Waals surface area (Å²) in [6.07, 6.45) is 1.86. The van der Waals surface area contributed by atoms with Gasteiger partial charge in [-0.25, -0.2) is 5.53 Å². The van der Waals surface area contributed by atoms with Gasteiger partial charge in [0.2, 0.25) is 0 Å². The van der Waals surface area contributed by atoms with Crippen molar-refractivity contribution in [3.05, 3.63) is 29.6 Å². The van der Waals surface area contributed by atoms with Gasteiger partial charge >= 0.3 is 0 Å². The molecule has 0 spiro atoms. The molecule has 1 N–H and O–H groups in total. The maximum atomic E-state index is 6.70. The molecular formula is C10H15N3. The number of hydrogen-bond acceptors (Lipinski definition) is 3. The lowest BCUT2D eigenvalue weighted by Gasteiger charge is -2.18. The lowest BCUT2D eigenvalue weighted by Crippen LogP contribution is -2.11. The highest BCUT2D eigenvalue weighted by atomic mass is 15.0. The Morgan fingerprint density at radius 2 is 2.08 bits per heavy atom. The molecule has 3 heteroatoms. The molecule has 1 aromatic rings. The summed E-state index contributed by atoms with van der Waals surface area (Å²) in [5.41, 5.74) is 8.90. The van der Waals surface area contributed by atoms with E-state index >= 15 is 0 Å². The third-order valence-electron chi connectivity index (χ3n) is 1.93. The molecule has 1 heterocycles. The minimum atomic E-state index is 0.142. The van der Waals surface area contributed by atoms with Crippen molar-refractivity contribution in [1.29, 1.82) is 5.53 Å². The van der Waals surface area contributed by atoms with E-state index in [1.54, 1.807) is 0 Å². The van der Waals surface area contributed by atoms with Crippen LogP contribution in [0.3, 0.4) is 0 Å². The Labute approximate surface area is 78.7 Å². The smallest absolute Gasteiger partial charge is 0.102 e. The normalized spacial score (nSPS) is 11.3. The van der Waals surface area contributed by atoms with Gasteiger partial charge in [0.05, 0.1) is 5.69 Å². The minimum Gasteiger partial charge on any atom is -0.259 e. The third-order valence-corrected chi connectivity index (χ3v) is 1.93. The fourth-order valence-corrected chi connectivity index (χ4v) is 1.04. The number of pyridine rings is 1. The monoisotopic (exact) mass is 177 g/mol. The van der Waals surface area contributed by atoms with Crippen LogP contribution < -0.4 is 0 Å². The molecule has 0 saturated carbocycles. The van der Waals surface area contributed by atoms with Gasteiger partial charge in [0.1, 0.15) is 6.54 Å². The maximum absolute atomic E-state index is 6.70. The molecule has 70 valence electrons. The van der Waals surface area contributed by atoms with Gasteiger partial charge in [-0.2, -0.15) is 5.11 Å². The van der Waals surface area contributed by atoms with Crippen LogP contribution in [0.1, 0.15) is 32.0 Å². The fraction of sp³-hybridized carbons (Fsp3) is 0.500. The first-order valence-electron chi connectivity index (χ1n) is 4.32. The van der Waals surface area contributed by atoms with Crippen molar-refractivity contribution in [2.45, 2.75) is 32.7 Å². The van der Waals surface area contributed by atoms with E-state index in [0.717, 1.165) is 5.69 Å².